The summed E-state index contributed by atoms with van der Waals surface area (Å²) in [5, 5.41) is 13.7. The summed E-state index contributed by atoms with van der Waals surface area (Å²) in [7, 11) is -2.97. The Labute approximate surface area is 169 Å². The van der Waals surface area contributed by atoms with Crippen LogP contribution in [0.2, 0.25) is 0 Å². The van der Waals surface area contributed by atoms with Crippen molar-refractivity contribution in [3.05, 3.63) is 32.6 Å². The number of ether oxygens (including phenoxy) is 1. The van der Waals surface area contributed by atoms with Gasteiger partial charge in [0, 0.05) is 48.9 Å². The van der Waals surface area contributed by atoms with Gasteiger partial charge in [0.1, 0.15) is 6.23 Å². The van der Waals surface area contributed by atoms with Gasteiger partial charge in [-0.3, -0.25) is 18.9 Å². The molecule has 4 heterocycles. The van der Waals surface area contributed by atoms with E-state index in [0.717, 1.165) is 13.1 Å². The fraction of sp³-hybridized carbons (Fsp3) is 0.778. The van der Waals surface area contributed by atoms with E-state index >= 15 is 0 Å². The minimum Gasteiger partial charge on any atom is -0.390 e. The maximum Gasteiger partial charge on any atom is 0.330 e. The average Bonchev–Trinajstić information content (AvgIpc) is 3.41. The summed E-state index contributed by atoms with van der Waals surface area (Å²) < 4.78 is 25.0. The first-order chi connectivity index (χ1) is 13.3. The molecule has 3 saturated heterocycles. The van der Waals surface area contributed by atoms with Gasteiger partial charge >= 0.3 is 5.69 Å². The number of rotatable bonds is 6. The number of nitrogens with one attached hydrogen (secondary N) is 2. The first kappa shape index (κ1) is 21.0. The molecule has 10 nitrogen and oxygen atoms in total. The molecule has 3 aliphatic rings. The standard InChI is InChI=1S/C18H30N5O5P/c1-11-8-21(16(26)20-15(11)25)14-6-12(24)13(28-14)7-19-29(27,22-9-17(22,2)3)23-10-18(23,4)5/h8,12-14,24H,6-7,9-10H2,1-5H3,(H,19,27)(H,20,25,26)/t12-,13+,14+,22?,23?,29?/m0/s1. The molecular formula is C18H30N5O5P. The van der Waals surface area contributed by atoms with Crippen LogP contribution < -0.4 is 16.3 Å². The molecule has 0 saturated carbocycles. The molecule has 29 heavy (non-hydrogen) atoms. The summed E-state index contributed by atoms with van der Waals surface area (Å²) in [4.78, 5) is 26.0. The molecule has 1 aromatic rings. The summed E-state index contributed by atoms with van der Waals surface area (Å²) in [5.74, 6) is 0. The Bertz CT molecular complexity index is 960. The van der Waals surface area contributed by atoms with Gasteiger partial charge in [-0.1, -0.05) is 0 Å². The van der Waals surface area contributed by atoms with Crippen molar-refractivity contribution in [2.75, 3.05) is 19.6 Å². The molecule has 3 N–H and O–H groups in total. The zero-order valence-electron chi connectivity index (χ0n) is 17.5. The van der Waals surface area contributed by atoms with Gasteiger partial charge in [-0.15, -0.1) is 0 Å². The van der Waals surface area contributed by atoms with Gasteiger partial charge in [0.15, 0.2) is 0 Å². The zero-order chi connectivity index (χ0) is 21.4. The predicted octanol–water partition coefficient (Wildman–Crippen LogP) is 0.380. The third kappa shape index (κ3) is 3.66. The van der Waals surface area contributed by atoms with Crippen molar-refractivity contribution < 1.29 is 14.4 Å². The Hall–Kier alpha value is -1.29. The third-order valence-electron chi connectivity index (χ3n) is 6.08. The molecule has 11 heteroatoms. The van der Waals surface area contributed by atoms with Crippen molar-refractivity contribution in [1.82, 2.24) is 24.0 Å². The lowest BCUT2D eigenvalue weighted by molar-refractivity contribution is -0.0172. The second-order valence-corrected chi connectivity index (χ2v) is 11.9. The lowest BCUT2D eigenvalue weighted by Crippen LogP contribution is -2.36. The maximum absolute atomic E-state index is 13.8. The zero-order valence-corrected chi connectivity index (χ0v) is 18.4. The number of H-pyrrole nitrogens is 1. The van der Waals surface area contributed by atoms with E-state index < -0.39 is 37.3 Å². The normalized spacial score (nSPS) is 36.6. The Morgan fingerprint density at radius 2 is 1.79 bits per heavy atom. The third-order valence-corrected chi connectivity index (χ3v) is 9.35. The van der Waals surface area contributed by atoms with Crippen LogP contribution in [-0.2, 0) is 9.30 Å². The Morgan fingerprint density at radius 3 is 2.31 bits per heavy atom. The molecule has 3 aliphatic heterocycles. The van der Waals surface area contributed by atoms with Crippen molar-refractivity contribution in [2.24, 2.45) is 0 Å². The summed E-state index contributed by atoms with van der Waals surface area (Å²) in [5.41, 5.74) is -0.875. The number of hydrogen-bond donors (Lipinski definition) is 3. The molecule has 4 rings (SSSR count). The largest absolute Gasteiger partial charge is 0.390 e. The molecular weight excluding hydrogens is 397 g/mol. The SMILES string of the molecule is Cc1cn([C@H]2C[C@H](O)[C@@H](CNP(=O)(N3CC3(C)C)N3CC3(C)C)O2)c(=O)[nH]c1=O. The van der Waals surface area contributed by atoms with Crippen LogP contribution >= 0.6 is 7.59 Å². The number of aliphatic hydroxyl groups is 1. The van der Waals surface area contributed by atoms with Crippen molar-refractivity contribution in [3.63, 3.8) is 0 Å². The van der Waals surface area contributed by atoms with Gasteiger partial charge in [0.2, 0.25) is 0 Å². The molecule has 5 atom stereocenters. The van der Waals surface area contributed by atoms with E-state index in [2.05, 4.69) is 37.8 Å². The van der Waals surface area contributed by atoms with E-state index in [9.17, 15) is 19.3 Å². The smallest absolute Gasteiger partial charge is 0.330 e. The molecule has 3 fully saturated rings. The van der Waals surface area contributed by atoms with E-state index in [1.165, 1.54) is 10.8 Å². The molecule has 0 aromatic carbocycles. The Kier molecular flexibility index (Phi) is 4.77. The fourth-order valence-electron chi connectivity index (χ4n) is 3.97. The predicted molar refractivity (Wildman–Crippen MR) is 108 cm³/mol. The number of nitrogens with zero attached hydrogens (tertiary/aromatic N) is 3. The highest BCUT2D eigenvalue weighted by Gasteiger charge is 2.64. The van der Waals surface area contributed by atoms with E-state index in [1.54, 1.807) is 6.92 Å². The Morgan fingerprint density at radius 1 is 1.24 bits per heavy atom. The number of aromatic nitrogens is 2. The van der Waals surface area contributed by atoms with Crippen LogP contribution in [0.4, 0.5) is 0 Å². The molecule has 0 amide bonds. The number of hydrogen-bond acceptors (Lipinski definition) is 5. The second kappa shape index (κ2) is 6.60. The van der Waals surface area contributed by atoms with E-state index in [-0.39, 0.29) is 24.0 Å². The molecule has 0 bridgehead atoms. The van der Waals surface area contributed by atoms with Crippen molar-refractivity contribution >= 4 is 7.59 Å². The number of aryl methyl sites for hydroxylation is 1. The van der Waals surface area contributed by atoms with Crippen molar-refractivity contribution in [1.29, 1.82) is 0 Å². The van der Waals surface area contributed by atoms with E-state index in [1.807, 2.05) is 9.34 Å². The van der Waals surface area contributed by atoms with Crippen LogP contribution in [0, 0.1) is 6.92 Å². The summed E-state index contributed by atoms with van der Waals surface area (Å²) in [6.07, 6.45) is -0.458. The van der Waals surface area contributed by atoms with Gasteiger partial charge in [-0.2, -0.15) is 0 Å². The van der Waals surface area contributed by atoms with Crippen LogP contribution in [-0.4, -0.2) is 66.9 Å². The van der Waals surface area contributed by atoms with Crippen LogP contribution in [0.25, 0.3) is 0 Å². The highest BCUT2D eigenvalue weighted by molar-refractivity contribution is 7.57. The van der Waals surface area contributed by atoms with Crippen LogP contribution in [0.3, 0.4) is 0 Å². The summed E-state index contributed by atoms with van der Waals surface area (Å²) in [6.45, 7) is 11.5. The van der Waals surface area contributed by atoms with Gasteiger partial charge < -0.3 is 9.84 Å². The minimum atomic E-state index is -2.97. The monoisotopic (exact) mass is 427 g/mol. The van der Waals surface area contributed by atoms with Gasteiger partial charge in [-0.25, -0.2) is 19.2 Å². The van der Waals surface area contributed by atoms with Crippen LogP contribution in [0.15, 0.2) is 15.8 Å². The topological polar surface area (TPSA) is 119 Å². The van der Waals surface area contributed by atoms with Crippen molar-refractivity contribution in [2.45, 2.75) is 70.6 Å². The highest BCUT2D eigenvalue weighted by atomic mass is 31.2. The van der Waals surface area contributed by atoms with E-state index in [4.69, 9.17) is 4.74 Å². The van der Waals surface area contributed by atoms with Crippen LogP contribution in [0.1, 0.15) is 45.9 Å². The highest BCUT2D eigenvalue weighted by Crippen LogP contribution is 2.67. The molecule has 1 aromatic heterocycles. The lowest BCUT2D eigenvalue weighted by atomic mass is 10.2. The Balaban J connectivity index is 1.47. The molecule has 0 aliphatic carbocycles. The summed E-state index contributed by atoms with van der Waals surface area (Å²) in [6, 6.07) is 0. The molecule has 0 spiro atoms. The summed E-state index contributed by atoms with van der Waals surface area (Å²) >= 11 is 0. The quantitative estimate of drug-likeness (QED) is 0.440. The van der Waals surface area contributed by atoms with Gasteiger partial charge in [0.05, 0.1) is 12.2 Å². The average molecular weight is 427 g/mol. The first-order valence-electron chi connectivity index (χ1n) is 9.92. The first-order valence-corrected chi connectivity index (χ1v) is 11.5. The van der Waals surface area contributed by atoms with Crippen LogP contribution in [0.5, 0.6) is 0 Å². The fourth-order valence-corrected chi connectivity index (χ4v) is 7.53. The number of aliphatic hydroxyl groups excluding tert-OH is 1. The van der Waals surface area contributed by atoms with Gasteiger partial charge in [-0.05, 0) is 34.6 Å². The molecule has 2 unspecified atom stereocenters. The van der Waals surface area contributed by atoms with Gasteiger partial charge in [0.25, 0.3) is 13.2 Å². The number of aromatic amines is 1. The van der Waals surface area contributed by atoms with E-state index in [0.29, 0.717) is 5.56 Å². The molecule has 162 valence electrons. The maximum atomic E-state index is 13.8. The molecule has 0 radical (unpaired) electrons. The lowest BCUT2D eigenvalue weighted by Gasteiger charge is -2.27. The second-order valence-electron chi connectivity index (χ2n) is 9.56. The van der Waals surface area contributed by atoms with Crippen molar-refractivity contribution in [3.8, 4) is 0 Å². The minimum absolute atomic E-state index is 0.125.